The molecule has 0 heterocycles. The van der Waals surface area contributed by atoms with Crippen molar-refractivity contribution in [3.63, 3.8) is 0 Å². The molecule has 0 aliphatic carbocycles. The largest absolute Gasteiger partial charge is 0.344 e. The summed E-state index contributed by atoms with van der Waals surface area (Å²) < 4.78 is 13.3. The van der Waals surface area contributed by atoms with Crippen LogP contribution in [0.1, 0.15) is 25.3 Å². The molecule has 0 unspecified atom stereocenters. The number of rotatable bonds is 5. The zero-order valence-electron chi connectivity index (χ0n) is 11.3. The molecule has 0 fully saturated rings. The maximum absolute atomic E-state index is 13.3. The quantitative estimate of drug-likeness (QED) is 0.825. The molecule has 1 aromatic rings. The van der Waals surface area contributed by atoms with Gasteiger partial charge in [-0.2, -0.15) is 0 Å². The highest BCUT2D eigenvalue weighted by Gasteiger charge is 2.17. The van der Waals surface area contributed by atoms with Crippen molar-refractivity contribution in [3.05, 3.63) is 35.6 Å². The Morgan fingerprint density at radius 3 is 2.63 bits per heavy atom. The number of hydrogen-bond donors (Lipinski definition) is 1. The first-order chi connectivity index (χ1) is 9.06. The van der Waals surface area contributed by atoms with Crippen LogP contribution in [-0.4, -0.2) is 30.3 Å². The third-order valence-corrected chi connectivity index (χ3v) is 2.79. The molecule has 19 heavy (non-hydrogen) atoms. The number of unbranched alkanes of at least 4 members (excludes halogenated alkanes) is 1. The monoisotopic (exact) mass is 266 g/mol. The summed E-state index contributed by atoms with van der Waals surface area (Å²) in [5.41, 5.74) is 0.361. The van der Waals surface area contributed by atoms with Crippen molar-refractivity contribution in [2.75, 3.05) is 13.6 Å². The molecule has 2 amide bonds. The number of nitrogens with zero attached hydrogens (tertiary/aromatic N) is 1. The van der Waals surface area contributed by atoms with Gasteiger partial charge in [0.25, 0.3) is 0 Å². The predicted molar refractivity (Wildman–Crippen MR) is 70.8 cm³/mol. The van der Waals surface area contributed by atoms with Gasteiger partial charge in [0.2, 0.25) is 0 Å². The minimum absolute atomic E-state index is 0.0128. The van der Waals surface area contributed by atoms with E-state index in [1.54, 1.807) is 25.2 Å². The highest BCUT2D eigenvalue weighted by atomic mass is 19.1. The summed E-state index contributed by atoms with van der Waals surface area (Å²) in [5, 5.41) is 2.43. The fraction of sp³-hybridized carbons (Fsp3) is 0.429. The van der Waals surface area contributed by atoms with Crippen LogP contribution >= 0.6 is 0 Å². The average molecular weight is 266 g/mol. The lowest BCUT2D eigenvalue weighted by molar-refractivity contribution is -0.145. The third-order valence-electron chi connectivity index (χ3n) is 2.79. The second-order valence-electron chi connectivity index (χ2n) is 4.35. The Bertz CT molecular complexity index is 449. The molecule has 4 nitrogen and oxygen atoms in total. The van der Waals surface area contributed by atoms with Gasteiger partial charge in [-0.05, 0) is 12.5 Å². The van der Waals surface area contributed by atoms with Gasteiger partial charge in [0, 0.05) is 25.7 Å². The number of carbonyl (C=O) groups is 2. The van der Waals surface area contributed by atoms with Crippen LogP contribution in [-0.2, 0) is 16.1 Å². The van der Waals surface area contributed by atoms with Crippen LogP contribution in [0, 0.1) is 5.82 Å². The summed E-state index contributed by atoms with van der Waals surface area (Å²) in [6, 6.07) is 6.14. The van der Waals surface area contributed by atoms with E-state index in [0.717, 1.165) is 12.8 Å². The van der Waals surface area contributed by atoms with E-state index in [-0.39, 0.29) is 6.54 Å². The lowest BCUT2D eigenvalue weighted by Crippen LogP contribution is -2.41. The molecule has 1 aromatic carbocycles. The second kappa shape index (κ2) is 7.51. The molecule has 0 saturated carbocycles. The first-order valence-electron chi connectivity index (χ1n) is 6.33. The highest BCUT2D eigenvalue weighted by molar-refractivity contribution is 6.34. The molecule has 0 atom stereocenters. The Morgan fingerprint density at radius 2 is 2.00 bits per heavy atom. The SMILES string of the molecule is CCCCN(C)C(=O)C(=O)NCc1ccccc1F. The van der Waals surface area contributed by atoms with Crippen LogP contribution in [0.5, 0.6) is 0 Å². The van der Waals surface area contributed by atoms with E-state index >= 15 is 0 Å². The van der Waals surface area contributed by atoms with Gasteiger partial charge in [0.05, 0.1) is 0 Å². The van der Waals surface area contributed by atoms with Gasteiger partial charge in [-0.25, -0.2) is 4.39 Å². The highest BCUT2D eigenvalue weighted by Crippen LogP contribution is 2.05. The molecule has 0 aliphatic heterocycles. The molecule has 1 N–H and O–H groups in total. The van der Waals surface area contributed by atoms with Gasteiger partial charge < -0.3 is 10.2 Å². The van der Waals surface area contributed by atoms with E-state index < -0.39 is 17.6 Å². The Kier molecular flexibility index (Phi) is 5.99. The number of halogens is 1. The summed E-state index contributed by atoms with van der Waals surface area (Å²) >= 11 is 0. The second-order valence-corrected chi connectivity index (χ2v) is 4.35. The molecule has 0 bridgehead atoms. The van der Waals surface area contributed by atoms with E-state index in [1.165, 1.54) is 11.0 Å². The van der Waals surface area contributed by atoms with Crippen molar-refractivity contribution in [2.45, 2.75) is 26.3 Å². The van der Waals surface area contributed by atoms with Crippen LogP contribution in [0.15, 0.2) is 24.3 Å². The standard InChI is InChI=1S/C14H19FN2O2/c1-3-4-9-17(2)14(19)13(18)16-10-11-7-5-6-8-12(11)15/h5-8H,3-4,9-10H2,1-2H3,(H,16,18). The van der Waals surface area contributed by atoms with Gasteiger partial charge in [-0.1, -0.05) is 31.5 Å². The van der Waals surface area contributed by atoms with Crippen molar-refractivity contribution in [3.8, 4) is 0 Å². The van der Waals surface area contributed by atoms with Crippen molar-refractivity contribution in [1.82, 2.24) is 10.2 Å². The molecular weight excluding hydrogens is 247 g/mol. The summed E-state index contributed by atoms with van der Waals surface area (Å²) in [4.78, 5) is 24.7. The maximum atomic E-state index is 13.3. The molecule has 5 heteroatoms. The zero-order chi connectivity index (χ0) is 14.3. The van der Waals surface area contributed by atoms with Crippen molar-refractivity contribution >= 4 is 11.8 Å². The first kappa shape index (κ1) is 15.1. The molecule has 1 rings (SSSR count). The molecule has 0 spiro atoms. The smallest absolute Gasteiger partial charge is 0.311 e. The Hall–Kier alpha value is -1.91. The molecule has 0 radical (unpaired) electrons. The summed E-state index contributed by atoms with van der Waals surface area (Å²) in [6.45, 7) is 2.57. The van der Waals surface area contributed by atoms with E-state index in [4.69, 9.17) is 0 Å². The summed E-state index contributed by atoms with van der Waals surface area (Å²) in [6.07, 6.45) is 1.80. The molecule has 0 aliphatic rings. The Morgan fingerprint density at radius 1 is 1.32 bits per heavy atom. The number of hydrogen-bond acceptors (Lipinski definition) is 2. The van der Waals surface area contributed by atoms with Gasteiger partial charge in [0.15, 0.2) is 0 Å². The van der Waals surface area contributed by atoms with E-state index in [2.05, 4.69) is 5.32 Å². The first-order valence-corrected chi connectivity index (χ1v) is 6.33. The summed E-state index contributed by atoms with van der Waals surface area (Å²) in [7, 11) is 1.58. The van der Waals surface area contributed by atoms with Crippen LogP contribution in [0.4, 0.5) is 4.39 Å². The maximum Gasteiger partial charge on any atom is 0.311 e. The third kappa shape index (κ3) is 4.69. The number of carbonyl (C=O) groups excluding carboxylic acids is 2. The normalized spacial score (nSPS) is 10.1. The fourth-order valence-corrected chi connectivity index (χ4v) is 1.56. The van der Waals surface area contributed by atoms with Crippen molar-refractivity contribution < 1.29 is 14.0 Å². The number of nitrogens with one attached hydrogen (secondary N) is 1. The Labute approximate surface area is 112 Å². The molecular formula is C14H19FN2O2. The van der Waals surface area contributed by atoms with Crippen molar-refractivity contribution in [1.29, 1.82) is 0 Å². The minimum Gasteiger partial charge on any atom is -0.344 e. The van der Waals surface area contributed by atoms with Gasteiger partial charge in [-0.15, -0.1) is 0 Å². The van der Waals surface area contributed by atoms with Crippen LogP contribution < -0.4 is 5.32 Å². The number of likely N-dealkylation sites (N-methyl/N-ethyl adjacent to an activating group) is 1. The molecule has 0 aromatic heterocycles. The lowest BCUT2D eigenvalue weighted by atomic mass is 10.2. The van der Waals surface area contributed by atoms with E-state index in [9.17, 15) is 14.0 Å². The van der Waals surface area contributed by atoms with Crippen molar-refractivity contribution in [2.24, 2.45) is 0 Å². The van der Waals surface area contributed by atoms with Crippen LogP contribution in [0.2, 0.25) is 0 Å². The van der Waals surface area contributed by atoms with Crippen LogP contribution in [0.25, 0.3) is 0 Å². The fourth-order valence-electron chi connectivity index (χ4n) is 1.56. The lowest BCUT2D eigenvalue weighted by Gasteiger charge is -2.16. The van der Waals surface area contributed by atoms with Gasteiger partial charge in [-0.3, -0.25) is 9.59 Å². The van der Waals surface area contributed by atoms with Gasteiger partial charge in [0.1, 0.15) is 5.82 Å². The average Bonchev–Trinajstić information content (AvgIpc) is 2.42. The molecule has 104 valence electrons. The van der Waals surface area contributed by atoms with E-state index in [0.29, 0.717) is 12.1 Å². The van der Waals surface area contributed by atoms with E-state index in [1.807, 2.05) is 6.92 Å². The zero-order valence-corrected chi connectivity index (χ0v) is 11.3. The van der Waals surface area contributed by atoms with Crippen LogP contribution in [0.3, 0.4) is 0 Å². The summed E-state index contributed by atoms with van der Waals surface area (Å²) in [5.74, 6) is -1.69. The topological polar surface area (TPSA) is 49.4 Å². The minimum atomic E-state index is -0.707. The Balaban J connectivity index is 2.47. The number of benzene rings is 1. The predicted octanol–water partition coefficient (Wildman–Crippen LogP) is 1.70. The molecule has 0 saturated heterocycles. The number of amides is 2. The van der Waals surface area contributed by atoms with Gasteiger partial charge >= 0.3 is 11.8 Å².